The minimum Gasteiger partial charge on any atom is -0.354 e. The number of hydrogen-bond acceptors (Lipinski definition) is 3. The third-order valence-electron chi connectivity index (χ3n) is 4.00. The molecule has 1 heterocycles. The molecule has 0 bridgehead atoms. The summed E-state index contributed by atoms with van der Waals surface area (Å²) in [5.74, 6) is 1.40. The fourth-order valence-corrected chi connectivity index (χ4v) is 3.90. The van der Waals surface area contributed by atoms with Crippen molar-refractivity contribution in [3.8, 4) is 0 Å². The van der Waals surface area contributed by atoms with E-state index in [2.05, 4.69) is 36.4 Å². The van der Waals surface area contributed by atoms with Gasteiger partial charge in [-0.1, -0.05) is 33.1 Å². The first-order valence-electron chi connectivity index (χ1n) is 8.03. The minimum atomic E-state index is 0. The molecule has 2 N–H and O–H groups in total. The monoisotopic (exact) mass is 436 g/mol. The molecule has 1 aromatic heterocycles. The van der Waals surface area contributed by atoms with Gasteiger partial charge in [0.15, 0.2) is 5.96 Å². The summed E-state index contributed by atoms with van der Waals surface area (Å²) < 4.78 is 0. The Kier molecular flexibility index (Phi) is 8.67. The van der Waals surface area contributed by atoms with Crippen LogP contribution in [0.1, 0.15) is 67.4 Å². The lowest BCUT2D eigenvalue weighted by atomic mass is 9.96. The van der Waals surface area contributed by atoms with Gasteiger partial charge in [0.25, 0.3) is 0 Å². The zero-order chi connectivity index (χ0) is 15.2. The lowest BCUT2D eigenvalue weighted by molar-refractivity contribution is 0.410. The number of halogens is 1. The third kappa shape index (κ3) is 5.68. The Balaban J connectivity index is 0.00000242. The number of aromatic nitrogens is 1. The van der Waals surface area contributed by atoms with Crippen molar-refractivity contribution in [3.05, 3.63) is 15.6 Å². The third-order valence-corrected chi connectivity index (χ3v) is 4.99. The first-order valence-corrected chi connectivity index (χ1v) is 8.85. The van der Waals surface area contributed by atoms with Crippen LogP contribution in [0, 0.1) is 6.92 Å². The number of hydrogen-bond donors (Lipinski definition) is 2. The molecular weight excluding hydrogens is 407 g/mol. The number of thiazole rings is 1. The highest BCUT2D eigenvalue weighted by atomic mass is 127. The van der Waals surface area contributed by atoms with Crippen LogP contribution < -0.4 is 10.6 Å². The molecule has 1 aromatic rings. The molecule has 0 radical (unpaired) electrons. The molecule has 0 aromatic carbocycles. The molecule has 1 aliphatic rings. The highest BCUT2D eigenvalue weighted by molar-refractivity contribution is 14.0. The standard InChI is InChI=1S/C16H28N4S.HI/c1-11(2)15-12(3)21-14(20-15)10-18-16(17-4)19-13-8-6-5-7-9-13;/h11,13H,5-10H2,1-4H3,(H2,17,18,19);1H. The molecule has 1 aliphatic carbocycles. The van der Waals surface area contributed by atoms with Crippen molar-refractivity contribution in [2.75, 3.05) is 7.05 Å². The van der Waals surface area contributed by atoms with Crippen molar-refractivity contribution in [2.24, 2.45) is 4.99 Å². The van der Waals surface area contributed by atoms with Gasteiger partial charge in [0.1, 0.15) is 5.01 Å². The smallest absolute Gasteiger partial charge is 0.191 e. The van der Waals surface area contributed by atoms with Crippen LogP contribution >= 0.6 is 35.3 Å². The van der Waals surface area contributed by atoms with Gasteiger partial charge < -0.3 is 10.6 Å². The van der Waals surface area contributed by atoms with Crippen LogP contribution in [-0.2, 0) is 6.54 Å². The van der Waals surface area contributed by atoms with Crippen LogP contribution in [0.2, 0.25) is 0 Å². The van der Waals surface area contributed by atoms with E-state index in [1.165, 1.54) is 42.7 Å². The minimum absolute atomic E-state index is 0. The van der Waals surface area contributed by atoms with Crippen LogP contribution in [0.25, 0.3) is 0 Å². The van der Waals surface area contributed by atoms with Gasteiger partial charge in [-0.15, -0.1) is 35.3 Å². The number of nitrogens with one attached hydrogen (secondary N) is 2. The van der Waals surface area contributed by atoms with Crippen molar-refractivity contribution in [1.29, 1.82) is 0 Å². The highest BCUT2D eigenvalue weighted by Crippen LogP contribution is 2.24. The van der Waals surface area contributed by atoms with E-state index in [9.17, 15) is 0 Å². The van der Waals surface area contributed by atoms with Crippen molar-refractivity contribution in [3.63, 3.8) is 0 Å². The van der Waals surface area contributed by atoms with Crippen LogP contribution in [0.5, 0.6) is 0 Å². The normalized spacial score (nSPS) is 16.5. The van der Waals surface area contributed by atoms with Crippen molar-refractivity contribution < 1.29 is 0 Å². The summed E-state index contributed by atoms with van der Waals surface area (Å²) in [4.78, 5) is 10.4. The largest absolute Gasteiger partial charge is 0.354 e. The van der Waals surface area contributed by atoms with Gasteiger partial charge in [-0.2, -0.15) is 0 Å². The Hall–Kier alpha value is -0.370. The Morgan fingerprint density at radius 3 is 2.55 bits per heavy atom. The summed E-state index contributed by atoms with van der Waals surface area (Å²) in [6.07, 6.45) is 6.56. The van der Waals surface area contributed by atoms with E-state index in [4.69, 9.17) is 4.98 Å². The molecule has 0 saturated heterocycles. The van der Waals surface area contributed by atoms with Gasteiger partial charge in [-0.25, -0.2) is 4.98 Å². The van der Waals surface area contributed by atoms with Crippen molar-refractivity contribution >= 4 is 41.3 Å². The van der Waals surface area contributed by atoms with Gasteiger partial charge in [0.05, 0.1) is 12.2 Å². The maximum Gasteiger partial charge on any atom is 0.191 e. The predicted molar refractivity (Wildman–Crippen MR) is 107 cm³/mol. The topological polar surface area (TPSA) is 49.3 Å². The Morgan fingerprint density at radius 1 is 1.32 bits per heavy atom. The molecule has 2 rings (SSSR count). The number of aryl methyl sites for hydroxylation is 1. The van der Waals surface area contributed by atoms with E-state index >= 15 is 0 Å². The maximum atomic E-state index is 4.74. The average Bonchev–Trinajstić information content (AvgIpc) is 2.86. The van der Waals surface area contributed by atoms with E-state index in [0.29, 0.717) is 12.0 Å². The van der Waals surface area contributed by atoms with Crippen LogP contribution in [0.15, 0.2) is 4.99 Å². The molecular formula is C16H29IN4S. The second kappa shape index (κ2) is 9.70. The molecule has 126 valence electrons. The van der Waals surface area contributed by atoms with Gasteiger partial charge in [-0.05, 0) is 25.7 Å². The molecule has 4 nitrogen and oxygen atoms in total. The quantitative estimate of drug-likeness (QED) is 0.423. The average molecular weight is 436 g/mol. The summed E-state index contributed by atoms with van der Waals surface area (Å²) in [7, 11) is 1.84. The molecule has 1 fully saturated rings. The fourth-order valence-electron chi connectivity index (χ4n) is 2.87. The molecule has 22 heavy (non-hydrogen) atoms. The van der Waals surface area contributed by atoms with E-state index < -0.39 is 0 Å². The van der Waals surface area contributed by atoms with E-state index in [-0.39, 0.29) is 24.0 Å². The van der Waals surface area contributed by atoms with Gasteiger partial charge >= 0.3 is 0 Å². The number of aliphatic imine (C=N–C) groups is 1. The van der Waals surface area contributed by atoms with Gasteiger partial charge in [-0.3, -0.25) is 4.99 Å². The predicted octanol–water partition coefficient (Wildman–Crippen LogP) is 4.19. The molecule has 0 amide bonds. The van der Waals surface area contributed by atoms with Crippen LogP contribution in [-0.4, -0.2) is 24.0 Å². The van der Waals surface area contributed by atoms with Crippen molar-refractivity contribution in [1.82, 2.24) is 15.6 Å². The summed E-state index contributed by atoms with van der Waals surface area (Å²) in [6, 6.07) is 0.578. The fraction of sp³-hybridized carbons (Fsp3) is 0.750. The highest BCUT2D eigenvalue weighted by Gasteiger charge is 2.15. The number of guanidine groups is 1. The molecule has 1 saturated carbocycles. The van der Waals surface area contributed by atoms with Crippen LogP contribution in [0.4, 0.5) is 0 Å². The second-order valence-corrected chi connectivity index (χ2v) is 7.40. The molecule has 0 unspecified atom stereocenters. The molecule has 0 spiro atoms. The van der Waals surface area contributed by atoms with Crippen LogP contribution in [0.3, 0.4) is 0 Å². The van der Waals surface area contributed by atoms with E-state index in [1.54, 1.807) is 11.3 Å². The Labute approximate surface area is 155 Å². The lowest BCUT2D eigenvalue weighted by Gasteiger charge is -2.24. The maximum absolute atomic E-state index is 4.74. The lowest BCUT2D eigenvalue weighted by Crippen LogP contribution is -2.43. The summed E-state index contributed by atoms with van der Waals surface area (Å²) in [5, 5.41) is 8.08. The first-order chi connectivity index (χ1) is 10.1. The summed E-state index contributed by atoms with van der Waals surface area (Å²) in [6.45, 7) is 7.31. The molecule has 0 atom stereocenters. The van der Waals surface area contributed by atoms with E-state index in [0.717, 1.165) is 17.5 Å². The summed E-state index contributed by atoms with van der Waals surface area (Å²) in [5.41, 5.74) is 1.23. The van der Waals surface area contributed by atoms with E-state index in [1.807, 2.05) is 7.05 Å². The Morgan fingerprint density at radius 2 is 2.00 bits per heavy atom. The SMILES string of the molecule is CN=C(NCc1nc(C(C)C)c(C)s1)NC1CCCCC1.I. The Bertz CT molecular complexity index is 478. The van der Waals surface area contributed by atoms with Crippen molar-refractivity contribution in [2.45, 2.75) is 71.4 Å². The van der Waals surface area contributed by atoms with Gasteiger partial charge in [0, 0.05) is 18.0 Å². The molecule has 6 heteroatoms. The second-order valence-electron chi connectivity index (χ2n) is 6.11. The zero-order valence-electron chi connectivity index (χ0n) is 14.1. The zero-order valence-corrected chi connectivity index (χ0v) is 17.3. The van der Waals surface area contributed by atoms with Gasteiger partial charge in [0.2, 0.25) is 0 Å². The number of nitrogens with zero attached hydrogens (tertiary/aromatic N) is 2. The number of rotatable bonds is 4. The first kappa shape index (κ1) is 19.7. The summed E-state index contributed by atoms with van der Waals surface area (Å²) >= 11 is 1.78. The molecule has 0 aliphatic heterocycles.